The Balaban J connectivity index is 1.81. The van der Waals surface area contributed by atoms with Crippen LogP contribution < -0.4 is 16.6 Å². The first-order chi connectivity index (χ1) is 12.6. The Bertz CT molecular complexity index is 915. The first-order valence-corrected chi connectivity index (χ1v) is 9.49. The monoisotopic (exact) mass is 465 g/mol. The van der Waals surface area contributed by atoms with Crippen molar-refractivity contribution in [3.63, 3.8) is 0 Å². The zero-order chi connectivity index (χ0) is 19.9. The van der Waals surface area contributed by atoms with Crippen LogP contribution in [-0.4, -0.2) is 16.1 Å². The Morgan fingerprint density at radius 3 is 2.22 bits per heavy atom. The van der Waals surface area contributed by atoms with Gasteiger partial charge in [0, 0.05) is 21.7 Å². The summed E-state index contributed by atoms with van der Waals surface area (Å²) in [4.78, 5) is 24.4. The van der Waals surface area contributed by atoms with E-state index >= 15 is 0 Å². The molecule has 1 fully saturated rings. The average Bonchev–Trinajstić information content (AvgIpc) is 3.17. The molecule has 0 spiro atoms. The van der Waals surface area contributed by atoms with Crippen LogP contribution >= 0.6 is 58.0 Å². The summed E-state index contributed by atoms with van der Waals surface area (Å²) < 4.78 is -1.30. The van der Waals surface area contributed by atoms with Gasteiger partial charge in [0.2, 0.25) is 5.91 Å². The van der Waals surface area contributed by atoms with Crippen molar-refractivity contribution in [1.82, 2.24) is 5.43 Å². The largest absolute Gasteiger partial charge is 0.326 e. The lowest BCUT2D eigenvalue weighted by Crippen LogP contribution is -2.30. The lowest BCUT2D eigenvalue weighted by molar-refractivity contribution is -0.117. The van der Waals surface area contributed by atoms with E-state index in [2.05, 4.69) is 5.32 Å². The molecule has 10 heteroatoms. The zero-order valence-electron chi connectivity index (χ0n) is 13.4. The molecule has 0 aromatic heterocycles. The van der Waals surface area contributed by atoms with Crippen LogP contribution in [0, 0.1) is 5.92 Å². The second-order valence-corrected chi connectivity index (χ2v) is 8.71. The minimum atomic E-state index is -1.30. The van der Waals surface area contributed by atoms with E-state index in [4.69, 9.17) is 63.8 Å². The number of amides is 2. The van der Waals surface area contributed by atoms with Gasteiger partial charge in [-0.1, -0.05) is 34.8 Å². The van der Waals surface area contributed by atoms with Crippen molar-refractivity contribution in [2.24, 2.45) is 11.8 Å². The summed E-state index contributed by atoms with van der Waals surface area (Å²) in [6, 6.07) is 9.32. The van der Waals surface area contributed by atoms with Crippen molar-refractivity contribution in [2.45, 2.75) is 10.3 Å². The number of hydrogen-bond acceptors (Lipinski definition) is 3. The van der Waals surface area contributed by atoms with Gasteiger partial charge < -0.3 is 5.32 Å². The van der Waals surface area contributed by atoms with Gasteiger partial charge in [-0.05, 0) is 42.0 Å². The third-order valence-corrected chi connectivity index (χ3v) is 5.90. The molecule has 5 nitrogen and oxygen atoms in total. The minimum Gasteiger partial charge on any atom is -0.326 e. The molecule has 0 heterocycles. The number of nitrogens with one attached hydrogen (secondary N) is 2. The normalized spacial score (nSPS) is 20.1. The average molecular weight is 468 g/mol. The third-order valence-electron chi connectivity index (χ3n) is 4.19. The molecule has 4 N–H and O–H groups in total. The SMILES string of the molecule is NNC(=O)c1cc(NC(=O)[C@H]2[C@H](c3cc(Cl)cc(Cl)c3)C2(Cl)Cl)ccc1Cl. The molecule has 1 aliphatic carbocycles. The fraction of sp³-hybridized carbons (Fsp3) is 0.176. The van der Waals surface area contributed by atoms with E-state index in [0.717, 1.165) is 0 Å². The number of nitrogen functional groups attached to an aromatic ring is 1. The Hall–Kier alpha value is -1.21. The number of nitrogens with two attached hydrogens (primary N) is 1. The smallest absolute Gasteiger partial charge is 0.266 e. The molecule has 0 unspecified atom stereocenters. The maximum absolute atomic E-state index is 12.7. The van der Waals surface area contributed by atoms with Crippen LogP contribution in [0.4, 0.5) is 5.69 Å². The number of benzene rings is 2. The number of anilines is 1. The molecule has 0 saturated heterocycles. The van der Waals surface area contributed by atoms with Crippen molar-refractivity contribution in [3.8, 4) is 0 Å². The highest BCUT2D eigenvalue weighted by atomic mass is 35.5. The van der Waals surface area contributed by atoms with Crippen LogP contribution in [0.2, 0.25) is 15.1 Å². The molecule has 0 bridgehead atoms. The topological polar surface area (TPSA) is 84.2 Å². The van der Waals surface area contributed by atoms with Crippen LogP contribution in [0.15, 0.2) is 36.4 Å². The summed E-state index contributed by atoms with van der Waals surface area (Å²) in [5.41, 5.74) is 3.12. The summed E-state index contributed by atoms with van der Waals surface area (Å²) in [6.45, 7) is 0. The molecule has 2 amide bonds. The van der Waals surface area contributed by atoms with Crippen molar-refractivity contribution in [2.75, 3.05) is 5.32 Å². The summed E-state index contributed by atoms with van der Waals surface area (Å²) >= 11 is 30.6. The van der Waals surface area contributed by atoms with Crippen LogP contribution in [0.3, 0.4) is 0 Å². The number of halogens is 5. The number of hydrazine groups is 1. The lowest BCUT2D eigenvalue weighted by Gasteiger charge is -2.08. The molecular formula is C17H12Cl5N3O2. The number of rotatable bonds is 4. The summed E-state index contributed by atoms with van der Waals surface area (Å²) in [7, 11) is 0. The Morgan fingerprint density at radius 2 is 1.63 bits per heavy atom. The Morgan fingerprint density at radius 1 is 1.00 bits per heavy atom. The van der Waals surface area contributed by atoms with Crippen LogP contribution in [0.25, 0.3) is 0 Å². The van der Waals surface area contributed by atoms with Gasteiger partial charge in [-0.15, -0.1) is 23.2 Å². The van der Waals surface area contributed by atoms with Crippen molar-refractivity contribution in [3.05, 3.63) is 62.6 Å². The fourth-order valence-corrected chi connectivity index (χ4v) is 4.47. The Kier molecular flexibility index (Phi) is 5.82. The van der Waals surface area contributed by atoms with Gasteiger partial charge in [0.1, 0.15) is 4.33 Å². The van der Waals surface area contributed by atoms with E-state index < -0.39 is 28.0 Å². The highest BCUT2D eigenvalue weighted by molar-refractivity contribution is 6.53. The van der Waals surface area contributed by atoms with Crippen LogP contribution in [0.5, 0.6) is 0 Å². The molecule has 142 valence electrons. The second kappa shape index (κ2) is 7.66. The van der Waals surface area contributed by atoms with Gasteiger partial charge in [-0.25, -0.2) is 5.84 Å². The molecule has 0 radical (unpaired) electrons. The molecule has 2 aromatic rings. The quantitative estimate of drug-likeness (QED) is 0.262. The van der Waals surface area contributed by atoms with Gasteiger partial charge in [0.05, 0.1) is 16.5 Å². The van der Waals surface area contributed by atoms with Crippen molar-refractivity contribution >= 4 is 75.5 Å². The predicted octanol–water partition coefficient (Wildman–Crippen LogP) is 4.78. The summed E-state index contributed by atoms with van der Waals surface area (Å²) in [5.74, 6) is 2.92. The van der Waals surface area contributed by atoms with Gasteiger partial charge >= 0.3 is 0 Å². The highest BCUT2D eigenvalue weighted by Gasteiger charge is 2.67. The van der Waals surface area contributed by atoms with Crippen molar-refractivity contribution < 1.29 is 9.59 Å². The minimum absolute atomic E-state index is 0.119. The van der Waals surface area contributed by atoms with E-state index in [0.29, 0.717) is 21.3 Å². The van der Waals surface area contributed by atoms with Gasteiger partial charge in [-0.3, -0.25) is 15.0 Å². The van der Waals surface area contributed by atoms with Crippen molar-refractivity contribution in [1.29, 1.82) is 0 Å². The third kappa shape index (κ3) is 4.14. The van der Waals surface area contributed by atoms with E-state index in [1.165, 1.54) is 12.1 Å². The predicted molar refractivity (Wildman–Crippen MR) is 109 cm³/mol. The number of alkyl halides is 2. The molecule has 0 aliphatic heterocycles. The lowest BCUT2D eigenvalue weighted by atomic mass is 10.1. The molecular weight excluding hydrogens is 455 g/mol. The zero-order valence-corrected chi connectivity index (χ0v) is 17.2. The first kappa shape index (κ1) is 20.5. The Labute approximate surface area is 180 Å². The number of hydrogen-bond donors (Lipinski definition) is 3. The molecule has 3 rings (SSSR count). The molecule has 1 saturated carbocycles. The van der Waals surface area contributed by atoms with E-state index in [9.17, 15) is 9.59 Å². The van der Waals surface area contributed by atoms with E-state index in [1.807, 2.05) is 5.43 Å². The maximum atomic E-state index is 12.7. The van der Waals surface area contributed by atoms with Crippen LogP contribution in [0.1, 0.15) is 21.8 Å². The maximum Gasteiger partial charge on any atom is 0.266 e. The standard InChI is InChI=1S/C17H12Cl5N3O2/c18-8-3-7(4-9(19)5-8)13-14(17(13,21)22)16(27)24-10-1-2-12(20)11(6-10)15(26)25-23/h1-6,13-14H,23H2,(H,24,27)(H,25,26)/t13-,14+/m0/s1. The molecule has 27 heavy (non-hydrogen) atoms. The summed E-state index contributed by atoms with van der Waals surface area (Å²) in [6.07, 6.45) is 0. The molecule has 2 aromatic carbocycles. The highest BCUT2D eigenvalue weighted by Crippen LogP contribution is 2.65. The fourth-order valence-electron chi connectivity index (χ4n) is 2.90. The second-order valence-electron chi connectivity index (χ2n) is 5.99. The number of carbonyl (C=O) groups is 2. The van der Waals surface area contributed by atoms with E-state index in [-0.39, 0.29) is 10.6 Å². The summed E-state index contributed by atoms with van der Waals surface area (Å²) in [5, 5.41) is 3.71. The molecule has 1 aliphatic rings. The van der Waals surface area contributed by atoms with Crippen LogP contribution in [-0.2, 0) is 4.79 Å². The number of carbonyl (C=O) groups excluding carboxylic acids is 2. The van der Waals surface area contributed by atoms with Gasteiger partial charge in [0.15, 0.2) is 0 Å². The van der Waals surface area contributed by atoms with E-state index in [1.54, 1.807) is 24.3 Å². The van der Waals surface area contributed by atoms with Gasteiger partial charge in [0.25, 0.3) is 5.91 Å². The molecule has 2 atom stereocenters. The first-order valence-electron chi connectivity index (χ1n) is 7.60. The van der Waals surface area contributed by atoms with Gasteiger partial charge in [-0.2, -0.15) is 0 Å².